The number of nitrogens with zero attached hydrogens (tertiary/aromatic N) is 2. The van der Waals surface area contributed by atoms with Gasteiger partial charge in [-0.05, 0) is 37.0 Å². The number of urea groups is 1. The Hall–Kier alpha value is -2.62. The summed E-state index contributed by atoms with van der Waals surface area (Å²) in [6, 6.07) is 4.72. The molecular weight excluding hydrogens is 460 g/mol. The average Bonchev–Trinajstić information content (AvgIpc) is 2.76. The molecular formula is C23H26F4N2O3S. The van der Waals surface area contributed by atoms with Gasteiger partial charge in [-0.3, -0.25) is 4.90 Å². The minimum absolute atomic E-state index is 0.110. The SMILES string of the molecule is CCCN1Cc2cc(CS(=O)(=O)Cc3c(F)c(F)c(C)c(F)c3F)ccc2N(CCC)C1=O. The van der Waals surface area contributed by atoms with E-state index in [-0.39, 0.29) is 6.03 Å². The van der Waals surface area contributed by atoms with Crippen molar-refractivity contribution in [3.63, 3.8) is 0 Å². The number of fused-ring (bicyclic) bond motifs is 1. The largest absolute Gasteiger partial charge is 0.324 e. The lowest BCUT2D eigenvalue weighted by molar-refractivity contribution is 0.198. The number of hydrogen-bond acceptors (Lipinski definition) is 3. The zero-order valence-electron chi connectivity index (χ0n) is 18.7. The Morgan fingerprint density at radius 1 is 0.909 bits per heavy atom. The van der Waals surface area contributed by atoms with Crippen LogP contribution in [-0.2, 0) is 27.9 Å². The number of amides is 2. The molecule has 1 aliphatic rings. The van der Waals surface area contributed by atoms with Crippen molar-refractivity contribution in [1.29, 1.82) is 0 Å². The van der Waals surface area contributed by atoms with Crippen LogP contribution in [0, 0.1) is 30.2 Å². The summed E-state index contributed by atoms with van der Waals surface area (Å²) in [6.07, 6.45) is 1.50. The second kappa shape index (κ2) is 9.70. The van der Waals surface area contributed by atoms with Crippen LogP contribution in [-0.4, -0.2) is 32.4 Å². The van der Waals surface area contributed by atoms with Gasteiger partial charge in [0.05, 0.1) is 17.2 Å². The number of benzene rings is 2. The number of halogens is 4. The molecule has 1 heterocycles. The summed E-state index contributed by atoms with van der Waals surface area (Å²) in [5.41, 5.74) is -0.194. The molecule has 0 aromatic heterocycles. The minimum atomic E-state index is -4.17. The van der Waals surface area contributed by atoms with E-state index in [1.165, 1.54) is 6.07 Å². The fourth-order valence-corrected chi connectivity index (χ4v) is 5.47. The van der Waals surface area contributed by atoms with Gasteiger partial charge in [-0.1, -0.05) is 26.0 Å². The van der Waals surface area contributed by atoms with Gasteiger partial charge in [-0.15, -0.1) is 0 Å². The van der Waals surface area contributed by atoms with Crippen LogP contribution in [0.15, 0.2) is 18.2 Å². The van der Waals surface area contributed by atoms with Crippen molar-refractivity contribution in [3.8, 4) is 0 Å². The summed E-state index contributed by atoms with van der Waals surface area (Å²) in [5, 5.41) is 0. The predicted molar refractivity (Wildman–Crippen MR) is 118 cm³/mol. The maximum atomic E-state index is 14.2. The summed E-state index contributed by atoms with van der Waals surface area (Å²) in [7, 11) is -4.17. The number of carbonyl (C=O) groups is 1. The van der Waals surface area contributed by atoms with Crippen LogP contribution in [0.5, 0.6) is 0 Å². The fraction of sp³-hybridized carbons (Fsp3) is 0.435. The van der Waals surface area contributed by atoms with Gasteiger partial charge in [0, 0.05) is 30.8 Å². The Bertz CT molecular complexity index is 1160. The molecule has 0 bridgehead atoms. The molecule has 0 atom stereocenters. The minimum Gasteiger partial charge on any atom is -0.320 e. The molecule has 0 unspecified atom stereocenters. The van der Waals surface area contributed by atoms with Crippen molar-refractivity contribution in [2.24, 2.45) is 0 Å². The average molecular weight is 487 g/mol. The van der Waals surface area contributed by atoms with Crippen molar-refractivity contribution in [2.75, 3.05) is 18.0 Å². The molecule has 33 heavy (non-hydrogen) atoms. The zero-order chi connectivity index (χ0) is 24.5. The van der Waals surface area contributed by atoms with E-state index < -0.39 is 55.7 Å². The van der Waals surface area contributed by atoms with Crippen LogP contribution in [0.1, 0.15) is 48.9 Å². The van der Waals surface area contributed by atoms with Gasteiger partial charge in [0.15, 0.2) is 33.1 Å². The van der Waals surface area contributed by atoms with E-state index >= 15 is 0 Å². The second-order valence-electron chi connectivity index (χ2n) is 8.21. The van der Waals surface area contributed by atoms with E-state index in [0.29, 0.717) is 30.9 Å². The van der Waals surface area contributed by atoms with Gasteiger partial charge >= 0.3 is 6.03 Å². The Balaban J connectivity index is 1.91. The van der Waals surface area contributed by atoms with Crippen LogP contribution in [0.25, 0.3) is 0 Å². The molecule has 0 saturated heterocycles. The summed E-state index contributed by atoms with van der Waals surface area (Å²) < 4.78 is 81.4. The highest BCUT2D eigenvalue weighted by Gasteiger charge is 2.30. The highest BCUT2D eigenvalue weighted by atomic mass is 32.2. The maximum Gasteiger partial charge on any atom is 0.324 e. The number of carbonyl (C=O) groups excluding carboxylic acids is 1. The van der Waals surface area contributed by atoms with E-state index in [0.717, 1.165) is 25.3 Å². The summed E-state index contributed by atoms with van der Waals surface area (Å²) in [5.74, 6) is -8.38. The van der Waals surface area contributed by atoms with Gasteiger partial charge in [-0.25, -0.2) is 30.8 Å². The van der Waals surface area contributed by atoms with E-state index in [1.54, 1.807) is 21.9 Å². The number of sulfone groups is 1. The van der Waals surface area contributed by atoms with E-state index in [2.05, 4.69) is 0 Å². The first-order chi connectivity index (χ1) is 15.5. The molecule has 0 N–H and O–H groups in total. The topological polar surface area (TPSA) is 57.7 Å². The lowest BCUT2D eigenvalue weighted by Crippen LogP contribution is -2.47. The summed E-state index contributed by atoms with van der Waals surface area (Å²) >= 11 is 0. The third kappa shape index (κ3) is 5.00. The number of anilines is 1. The van der Waals surface area contributed by atoms with Crippen LogP contribution >= 0.6 is 0 Å². The Labute approximate surface area is 190 Å². The number of hydrogen-bond donors (Lipinski definition) is 0. The van der Waals surface area contributed by atoms with Crippen LogP contribution < -0.4 is 4.90 Å². The van der Waals surface area contributed by atoms with Gasteiger partial charge in [-0.2, -0.15) is 0 Å². The zero-order valence-corrected chi connectivity index (χ0v) is 19.5. The number of rotatable bonds is 8. The molecule has 3 rings (SSSR count). The first kappa shape index (κ1) is 25.0. The third-order valence-corrected chi connectivity index (χ3v) is 7.06. The molecule has 180 valence electrons. The van der Waals surface area contributed by atoms with Crippen molar-refractivity contribution in [3.05, 3.63) is 63.7 Å². The van der Waals surface area contributed by atoms with Crippen LogP contribution in [0.2, 0.25) is 0 Å². The second-order valence-corrected chi connectivity index (χ2v) is 10.3. The van der Waals surface area contributed by atoms with Gasteiger partial charge in [0.2, 0.25) is 0 Å². The van der Waals surface area contributed by atoms with Gasteiger partial charge in [0.25, 0.3) is 0 Å². The highest BCUT2D eigenvalue weighted by molar-refractivity contribution is 7.89. The lowest BCUT2D eigenvalue weighted by Gasteiger charge is -2.37. The van der Waals surface area contributed by atoms with Gasteiger partial charge in [0.1, 0.15) is 0 Å². The van der Waals surface area contributed by atoms with Crippen molar-refractivity contribution >= 4 is 21.6 Å². The molecule has 2 aromatic carbocycles. The van der Waals surface area contributed by atoms with Gasteiger partial charge < -0.3 is 4.90 Å². The molecule has 10 heteroatoms. The molecule has 0 spiro atoms. The van der Waals surface area contributed by atoms with E-state index in [4.69, 9.17) is 0 Å². The lowest BCUT2D eigenvalue weighted by atomic mass is 10.1. The molecule has 0 saturated carbocycles. The van der Waals surface area contributed by atoms with Crippen molar-refractivity contribution in [2.45, 2.75) is 51.7 Å². The molecule has 0 aliphatic carbocycles. The molecule has 2 amide bonds. The normalized spacial score (nSPS) is 14.1. The third-order valence-electron chi connectivity index (χ3n) is 5.56. The summed E-state index contributed by atoms with van der Waals surface area (Å²) in [6.45, 7) is 6.13. The Kier molecular flexibility index (Phi) is 7.36. The van der Waals surface area contributed by atoms with Crippen LogP contribution in [0.3, 0.4) is 0 Å². The molecule has 0 radical (unpaired) electrons. The van der Waals surface area contributed by atoms with Crippen molar-refractivity contribution in [1.82, 2.24) is 4.90 Å². The molecule has 1 aliphatic heterocycles. The molecule has 2 aromatic rings. The standard InChI is InChI=1S/C23H26F4N2O3S/c1-4-8-28-11-16-10-15(6-7-18(16)29(9-5-2)23(28)30)12-33(31,32)13-17-21(26)19(24)14(3)20(25)22(17)27/h6-7,10H,4-5,8-9,11-13H2,1-3H3. The monoisotopic (exact) mass is 486 g/mol. The maximum absolute atomic E-state index is 14.2. The predicted octanol–water partition coefficient (Wildman–Crippen LogP) is 5.23. The quantitative estimate of drug-likeness (QED) is 0.379. The highest BCUT2D eigenvalue weighted by Crippen LogP contribution is 2.31. The van der Waals surface area contributed by atoms with Crippen LogP contribution in [0.4, 0.5) is 28.0 Å². The Morgan fingerprint density at radius 2 is 1.52 bits per heavy atom. The van der Waals surface area contributed by atoms with Crippen molar-refractivity contribution < 1.29 is 30.8 Å². The van der Waals surface area contributed by atoms with E-state index in [1.807, 2.05) is 13.8 Å². The Morgan fingerprint density at radius 3 is 2.09 bits per heavy atom. The molecule has 0 fully saturated rings. The smallest absolute Gasteiger partial charge is 0.320 e. The molecule has 5 nitrogen and oxygen atoms in total. The first-order valence-corrected chi connectivity index (χ1v) is 12.5. The first-order valence-electron chi connectivity index (χ1n) is 10.7. The van der Waals surface area contributed by atoms with E-state index in [9.17, 15) is 30.8 Å². The summed E-state index contributed by atoms with van der Waals surface area (Å²) in [4.78, 5) is 16.1. The fourth-order valence-electron chi connectivity index (χ4n) is 3.99.